The van der Waals surface area contributed by atoms with Gasteiger partial charge >= 0.3 is 12.0 Å². The zero-order valence-corrected chi connectivity index (χ0v) is 9.83. The Hall–Kier alpha value is -1.01. The van der Waals surface area contributed by atoms with Gasteiger partial charge in [-0.15, -0.1) is 12.4 Å². The minimum atomic E-state index is -0.630. The predicted octanol–water partition coefficient (Wildman–Crippen LogP) is -0.127. The summed E-state index contributed by atoms with van der Waals surface area (Å²) in [4.78, 5) is 21.9. The Balaban J connectivity index is 0.000000283. The van der Waals surface area contributed by atoms with Crippen LogP contribution < -0.4 is 11.1 Å². The predicted molar refractivity (Wildman–Crippen MR) is 61.6 cm³/mol. The number of piperazine rings is 1. The number of halogens is 1. The maximum absolute atomic E-state index is 10.5. The van der Waals surface area contributed by atoms with Gasteiger partial charge < -0.3 is 21.1 Å². The lowest BCUT2D eigenvalue weighted by Gasteiger charge is -2.25. The highest BCUT2D eigenvalue weighted by Gasteiger charge is 2.28. The van der Waals surface area contributed by atoms with E-state index in [2.05, 4.69) is 5.32 Å². The minimum Gasteiger partial charge on any atom is -0.481 e. The third-order valence-electron chi connectivity index (χ3n) is 2.36. The number of carbonyl (C=O) groups is 2. The lowest BCUT2D eigenvalue weighted by Crippen LogP contribution is -2.48. The first kappa shape index (κ1) is 15.0. The quantitative estimate of drug-likeness (QED) is 0.605. The van der Waals surface area contributed by atoms with E-state index in [4.69, 9.17) is 10.8 Å². The van der Waals surface area contributed by atoms with E-state index in [-0.39, 0.29) is 24.4 Å². The summed E-state index contributed by atoms with van der Waals surface area (Å²) in [6.07, 6.45) is 1.80. The van der Waals surface area contributed by atoms with E-state index in [9.17, 15) is 9.59 Å². The van der Waals surface area contributed by atoms with Crippen LogP contribution in [0, 0.1) is 5.92 Å². The summed E-state index contributed by atoms with van der Waals surface area (Å²) >= 11 is 0. The monoisotopic (exact) mass is 251 g/mol. The molecule has 1 saturated carbocycles. The summed E-state index contributed by atoms with van der Waals surface area (Å²) in [5.41, 5.74) is 5.03. The van der Waals surface area contributed by atoms with Gasteiger partial charge in [0.25, 0.3) is 0 Å². The number of carbonyl (C=O) groups excluding carboxylic acids is 1. The number of hydrogen-bond donors (Lipinski definition) is 3. The molecule has 1 saturated heterocycles. The topological polar surface area (TPSA) is 95.7 Å². The zero-order chi connectivity index (χ0) is 11.3. The Morgan fingerprint density at radius 3 is 1.94 bits per heavy atom. The molecule has 2 rings (SSSR count). The third kappa shape index (κ3) is 5.77. The highest BCUT2D eigenvalue weighted by atomic mass is 35.5. The molecule has 7 heteroatoms. The molecule has 16 heavy (non-hydrogen) atoms. The number of nitrogens with two attached hydrogens (primary N) is 1. The van der Waals surface area contributed by atoms with E-state index in [1.165, 1.54) is 0 Å². The molecule has 0 spiro atoms. The first-order valence-electron chi connectivity index (χ1n) is 5.09. The van der Waals surface area contributed by atoms with Crippen LogP contribution in [0.3, 0.4) is 0 Å². The molecule has 4 N–H and O–H groups in total. The zero-order valence-electron chi connectivity index (χ0n) is 9.02. The van der Waals surface area contributed by atoms with Crippen LogP contribution in [0.25, 0.3) is 0 Å². The molecule has 2 amide bonds. The molecule has 0 bridgehead atoms. The number of nitrogens with one attached hydrogen (secondary N) is 1. The minimum absolute atomic E-state index is 0. The van der Waals surface area contributed by atoms with E-state index >= 15 is 0 Å². The Morgan fingerprint density at radius 1 is 1.25 bits per heavy atom. The van der Waals surface area contributed by atoms with Gasteiger partial charge in [-0.1, -0.05) is 0 Å². The van der Waals surface area contributed by atoms with Crippen molar-refractivity contribution in [2.45, 2.75) is 12.8 Å². The second kappa shape index (κ2) is 7.29. The molecule has 0 unspecified atom stereocenters. The number of nitrogens with zero attached hydrogens (tertiary/aromatic N) is 1. The van der Waals surface area contributed by atoms with E-state index < -0.39 is 5.97 Å². The second-order valence-corrected chi connectivity index (χ2v) is 3.69. The Kier molecular flexibility index (Phi) is 6.83. The lowest BCUT2D eigenvalue weighted by molar-refractivity contribution is -0.138. The van der Waals surface area contributed by atoms with Crippen molar-refractivity contribution in [3.8, 4) is 0 Å². The number of carboxylic acid groups (broad SMARTS) is 1. The molecule has 1 aliphatic heterocycles. The van der Waals surface area contributed by atoms with Crippen LogP contribution >= 0.6 is 12.4 Å². The Bertz CT molecular complexity index is 240. The summed E-state index contributed by atoms with van der Waals surface area (Å²) < 4.78 is 0. The van der Waals surface area contributed by atoms with Crippen LogP contribution in [0.1, 0.15) is 12.8 Å². The van der Waals surface area contributed by atoms with Crippen LogP contribution in [0.15, 0.2) is 0 Å². The fourth-order valence-electron chi connectivity index (χ4n) is 1.22. The highest BCUT2D eigenvalue weighted by Crippen LogP contribution is 2.28. The number of hydrogen-bond acceptors (Lipinski definition) is 3. The molecule has 1 heterocycles. The molecule has 0 atom stereocenters. The van der Waals surface area contributed by atoms with Gasteiger partial charge in [0.1, 0.15) is 0 Å². The van der Waals surface area contributed by atoms with E-state index in [0.29, 0.717) is 0 Å². The Morgan fingerprint density at radius 2 is 1.75 bits per heavy atom. The number of aliphatic carboxylic acids is 1. The first-order chi connectivity index (χ1) is 7.11. The van der Waals surface area contributed by atoms with Gasteiger partial charge in [0.15, 0.2) is 0 Å². The second-order valence-electron chi connectivity index (χ2n) is 3.69. The van der Waals surface area contributed by atoms with Crippen LogP contribution in [-0.2, 0) is 4.79 Å². The molecule has 0 aromatic carbocycles. The van der Waals surface area contributed by atoms with Crippen molar-refractivity contribution in [3.63, 3.8) is 0 Å². The van der Waals surface area contributed by atoms with Crippen molar-refractivity contribution < 1.29 is 14.7 Å². The van der Waals surface area contributed by atoms with Crippen molar-refractivity contribution in [1.82, 2.24) is 10.2 Å². The van der Waals surface area contributed by atoms with Gasteiger partial charge in [-0.2, -0.15) is 0 Å². The van der Waals surface area contributed by atoms with Crippen LogP contribution in [-0.4, -0.2) is 48.2 Å². The van der Waals surface area contributed by atoms with Crippen molar-refractivity contribution in [2.75, 3.05) is 26.2 Å². The maximum Gasteiger partial charge on any atom is 0.314 e. The molecule has 94 valence electrons. The number of rotatable bonds is 1. The van der Waals surface area contributed by atoms with Crippen LogP contribution in [0.5, 0.6) is 0 Å². The van der Waals surface area contributed by atoms with Gasteiger partial charge in [0, 0.05) is 26.2 Å². The van der Waals surface area contributed by atoms with Gasteiger partial charge in [-0.3, -0.25) is 4.79 Å². The van der Waals surface area contributed by atoms with Gasteiger partial charge in [-0.05, 0) is 12.8 Å². The van der Waals surface area contributed by atoms with E-state index in [1.54, 1.807) is 4.90 Å². The first-order valence-corrected chi connectivity index (χ1v) is 5.09. The SMILES string of the molecule is Cl.NC(=O)N1CCNCC1.O=C(O)C1CC1. The maximum atomic E-state index is 10.5. The van der Waals surface area contributed by atoms with Crippen molar-refractivity contribution in [3.05, 3.63) is 0 Å². The average molecular weight is 252 g/mol. The summed E-state index contributed by atoms with van der Waals surface area (Å²) in [6.45, 7) is 3.22. The molecule has 0 radical (unpaired) electrons. The molecule has 2 aliphatic rings. The van der Waals surface area contributed by atoms with Crippen LogP contribution in [0.4, 0.5) is 4.79 Å². The molecule has 0 aromatic heterocycles. The van der Waals surface area contributed by atoms with Gasteiger partial charge in [-0.25, -0.2) is 4.79 Å². The molecular formula is C9H18ClN3O3. The largest absolute Gasteiger partial charge is 0.481 e. The molecular weight excluding hydrogens is 234 g/mol. The highest BCUT2D eigenvalue weighted by molar-refractivity contribution is 5.85. The van der Waals surface area contributed by atoms with Gasteiger partial charge in [0.05, 0.1) is 5.92 Å². The fourth-order valence-corrected chi connectivity index (χ4v) is 1.22. The summed E-state index contributed by atoms with van der Waals surface area (Å²) in [5.74, 6) is -0.611. The summed E-state index contributed by atoms with van der Waals surface area (Å²) in [7, 11) is 0. The van der Waals surface area contributed by atoms with Crippen molar-refractivity contribution in [1.29, 1.82) is 0 Å². The number of carboxylic acids is 1. The lowest BCUT2D eigenvalue weighted by atomic mass is 10.4. The Labute approximate surface area is 101 Å². The summed E-state index contributed by atoms with van der Waals surface area (Å²) in [6, 6.07) is -0.309. The smallest absolute Gasteiger partial charge is 0.314 e. The number of amides is 2. The number of primary amides is 1. The molecule has 1 aliphatic carbocycles. The van der Waals surface area contributed by atoms with E-state index in [1.807, 2.05) is 0 Å². The summed E-state index contributed by atoms with van der Waals surface area (Å²) in [5, 5.41) is 11.2. The average Bonchev–Trinajstić information content (AvgIpc) is 3.03. The van der Waals surface area contributed by atoms with Gasteiger partial charge in [0.2, 0.25) is 0 Å². The number of urea groups is 1. The third-order valence-corrected chi connectivity index (χ3v) is 2.36. The van der Waals surface area contributed by atoms with Crippen molar-refractivity contribution in [2.24, 2.45) is 11.7 Å². The normalized spacial score (nSPS) is 18.9. The van der Waals surface area contributed by atoms with Crippen molar-refractivity contribution >= 4 is 24.4 Å². The molecule has 2 fully saturated rings. The fraction of sp³-hybridized carbons (Fsp3) is 0.778. The molecule has 6 nitrogen and oxygen atoms in total. The standard InChI is InChI=1S/C5H11N3O.C4H6O2.ClH/c6-5(9)8-3-1-7-2-4-8;5-4(6)3-1-2-3;/h7H,1-4H2,(H2,6,9);3H,1-2H2,(H,5,6);1H. The molecule has 0 aromatic rings. The van der Waals surface area contributed by atoms with Crippen LogP contribution in [0.2, 0.25) is 0 Å². The van der Waals surface area contributed by atoms with E-state index in [0.717, 1.165) is 39.0 Å².